The lowest BCUT2D eigenvalue weighted by Crippen LogP contribution is -2.48. The summed E-state index contributed by atoms with van der Waals surface area (Å²) in [4.78, 5) is 27.3. The zero-order chi connectivity index (χ0) is 20.7. The van der Waals surface area contributed by atoms with Crippen LogP contribution in [0, 0.1) is 5.92 Å². The fourth-order valence-electron chi connectivity index (χ4n) is 2.79. The number of hydrogen-bond donors (Lipinski definition) is 1. The molecule has 2 aromatic carbocycles. The summed E-state index contributed by atoms with van der Waals surface area (Å²) in [5.74, 6) is 0.0179. The van der Waals surface area contributed by atoms with Gasteiger partial charge in [0, 0.05) is 23.1 Å². The summed E-state index contributed by atoms with van der Waals surface area (Å²) in [6.45, 7) is 6.67. The fourth-order valence-corrected chi connectivity index (χ4v) is 3.22. The number of amides is 2. The quantitative estimate of drug-likeness (QED) is 0.670. The van der Waals surface area contributed by atoms with Crippen molar-refractivity contribution < 1.29 is 9.59 Å². The van der Waals surface area contributed by atoms with Crippen molar-refractivity contribution in [3.05, 3.63) is 69.7 Å². The number of nitrogens with zero attached hydrogens (tertiary/aromatic N) is 1. The lowest BCUT2D eigenvalue weighted by molar-refractivity contribution is -0.140. The third-order valence-electron chi connectivity index (χ3n) is 4.34. The van der Waals surface area contributed by atoms with Crippen molar-refractivity contribution >= 4 is 35.0 Å². The van der Waals surface area contributed by atoms with Gasteiger partial charge in [0.2, 0.25) is 11.8 Å². The number of rotatable bonds is 8. The van der Waals surface area contributed by atoms with Crippen LogP contribution in [-0.2, 0) is 22.6 Å². The van der Waals surface area contributed by atoms with E-state index in [2.05, 4.69) is 5.32 Å². The lowest BCUT2D eigenvalue weighted by atomic mass is 10.1. The second kappa shape index (κ2) is 10.5. The Labute approximate surface area is 176 Å². The maximum absolute atomic E-state index is 13.1. The van der Waals surface area contributed by atoms with Crippen LogP contribution in [0.1, 0.15) is 31.9 Å². The number of hydrogen-bond acceptors (Lipinski definition) is 2. The third kappa shape index (κ3) is 6.84. The van der Waals surface area contributed by atoms with Gasteiger partial charge in [-0.25, -0.2) is 0 Å². The van der Waals surface area contributed by atoms with E-state index in [0.717, 1.165) is 11.1 Å². The van der Waals surface area contributed by atoms with Crippen molar-refractivity contribution in [1.29, 1.82) is 0 Å². The van der Waals surface area contributed by atoms with E-state index < -0.39 is 6.04 Å². The van der Waals surface area contributed by atoms with E-state index in [9.17, 15) is 9.59 Å². The van der Waals surface area contributed by atoms with Gasteiger partial charge in [0.1, 0.15) is 6.04 Å². The van der Waals surface area contributed by atoms with E-state index in [4.69, 9.17) is 23.2 Å². The van der Waals surface area contributed by atoms with Gasteiger partial charge >= 0.3 is 0 Å². The van der Waals surface area contributed by atoms with Crippen LogP contribution in [0.25, 0.3) is 0 Å². The summed E-state index contributed by atoms with van der Waals surface area (Å²) < 4.78 is 0. The van der Waals surface area contributed by atoms with E-state index in [-0.39, 0.29) is 18.2 Å². The molecule has 1 N–H and O–H groups in total. The molecule has 2 aromatic rings. The van der Waals surface area contributed by atoms with Crippen LogP contribution >= 0.6 is 23.2 Å². The van der Waals surface area contributed by atoms with Crippen molar-refractivity contribution in [1.82, 2.24) is 10.2 Å². The van der Waals surface area contributed by atoms with E-state index in [1.165, 1.54) is 0 Å². The van der Waals surface area contributed by atoms with Crippen LogP contribution in [0.15, 0.2) is 48.5 Å². The van der Waals surface area contributed by atoms with Gasteiger partial charge in [-0.3, -0.25) is 9.59 Å². The van der Waals surface area contributed by atoms with Crippen LogP contribution in [0.3, 0.4) is 0 Å². The molecule has 0 saturated heterocycles. The molecule has 0 fully saturated rings. The highest BCUT2D eigenvalue weighted by molar-refractivity contribution is 6.30. The van der Waals surface area contributed by atoms with Crippen LogP contribution in [0.4, 0.5) is 0 Å². The topological polar surface area (TPSA) is 49.4 Å². The molecule has 0 radical (unpaired) electrons. The van der Waals surface area contributed by atoms with E-state index in [1.54, 1.807) is 36.1 Å². The molecular weight excluding hydrogens is 395 g/mol. The number of halogens is 2. The maximum atomic E-state index is 13.1. The second-order valence-corrected chi connectivity index (χ2v) is 8.15. The number of benzene rings is 2. The first-order chi connectivity index (χ1) is 13.3. The Bertz CT molecular complexity index is 824. The molecule has 0 spiro atoms. The highest BCUT2D eigenvalue weighted by Crippen LogP contribution is 2.17. The van der Waals surface area contributed by atoms with Gasteiger partial charge in [-0.2, -0.15) is 0 Å². The van der Waals surface area contributed by atoms with Gasteiger partial charge in [-0.15, -0.1) is 0 Å². The Hall–Kier alpha value is -2.04. The molecule has 0 aliphatic heterocycles. The molecule has 0 heterocycles. The minimum absolute atomic E-state index is 0.144. The van der Waals surface area contributed by atoms with Gasteiger partial charge in [-0.05, 0) is 48.2 Å². The monoisotopic (exact) mass is 420 g/mol. The van der Waals surface area contributed by atoms with Gasteiger partial charge in [-0.1, -0.05) is 61.3 Å². The zero-order valence-electron chi connectivity index (χ0n) is 16.4. The predicted molar refractivity (Wildman–Crippen MR) is 114 cm³/mol. The predicted octanol–water partition coefficient (Wildman–Crippen LogP) is 4.73. The molecule has 4 nitrogen and oxygen atoms in total. The zero-order valence-corrected chi connectivity index (χ0v) is 17.9. The first-order valence-electron chi connectivity index (χ1n) is 9.32. The molecule has 28 heavy (non-hydrogen) atoms. The SMILES string of the molecule is CC(C)CNC(=O)[C@@H](C)N(Cc1cccc(Cl)c1)C(=O)Cc1cccc(Cl)c1. The molecule has 0 aliphatic carbocycles. The largest absolute Gasteiger partial charge is 0.354 e. The smallest absolute Gasteiger partial charge is 0.242 e. The average Bonchev–Trinajstić information content (AvgIpc) is 2.63. The minimum Gasteiger partial charge on any atom is -0.354 e. The summed E-state index contributed by atoms with van der Waals surface area (Å²) in [7, 11) is 0. The summed E-state index contributed by atoms with van der Waals surface area (Å²) >= 11 is 12.1. The number of nitrogens with one attached hydrogen (secondary N) is 1. The average molecular weight is 421 g/mol. The summed E-state index contributed by atoms with van der Waals surface area (Å²) in [6, 6.07) is 13.9. The lowest BCUT2D eigenvalue weighted by Gasteiger charge is -2.29. The van der Waals surface area contributed by atoms with Crippen molar-refractivity contribution in [2.75, 3.05) is 6.54 Å². The fraction of sp³-hybridized carbons (Fsp3) is 0.364. The molecule has 0 unspecified atom stereocenters. The molecular formula is C22H26Cl2N2O2. The molecule has 2 amide bonds. The first-order valence-corrected chi connectivity index (χ1v) is 10.1. The molecule has 2 rings (SSSR count). The molecule has 6 heteroatoms. The van der Waals surface area contributed by atoms with E-state index in [1.807, 2.05) is 38.1 Å². The number of carbonyl (C=O) groups is 2. The minimum atomic E-state index is -0.607. The highest BCUT2D eigenvalue weighted by atomic mass is 35.5. The van der Waals surface area contributed by atoms with Gasteiger partial charge in [0.15, 0.2) is 0 Å². The number of carbonyl (C=O) groups excluding carboxylic acids is 2. The standard InChI is InChI=1S/C22H26Cl2N2O2/c1-15(2)13-25-22(28)16(3)26(14-18-7-5-9-20(24)11-18)21(27)12-17-6-4-8-19(23)10-17/h4-11,15-16H,12-14H2,1-3H3,(H,25,28)/t16-/m1/s1. The summed E-state index contributed by atoms with van der Waals surface area (Å²) in [5, 5.41) is 4.08. The maximum Gasteiger partial charge on any atom is 0.242 e. The Balaban J connectivity index is 2.21. The molecule has 150 valence electrons. The Morgan fingerprint density at radius 2 is 1.54 bits per heavy atom. The first kappa shape index (κ1) is 22.3. The molecule has 1 atom stereocenters. The van der Waals surface area contributed by atoms with Crippen molar-refractivity contribution in [3.8, 4) is 0 Å². The molecule has 0 aromatic heterocycles. The van der Waals surface area contributed by atoms with Crippen molar-refractivity contribution in [3.63, 3.8) is 0 Å². The van der Waals surface area contributed by atoms with Gasteiger partial charge in [0.25, 0.3) is 0 Å². The highest BCUT2D eigenvalue weighted by Gasteiger charge is 2.26. The molecule has 0 bridgehead atoms. The summed E-state index contributed by atoms with van der Waals surface area (Å²) in [6.07, 6.45) is 0.170. The van der Waals surface area contributed by atoms with Crippen molar-refractivity contribution in [2.45, 2.75) is 39.8 Å². The van der Waals surface area contributed by atoms with Crippen LogP contribution < -0.4 is 5.32 Å². The van der Waals surface area contributed by atoms with E-state index >= 15 is 0 Å². The van der Waals surface area contributed by atoms with Crippen LogP contribution in [0.5, 0.6) is 0 Å². The Kier molecular flexibility index (Phi) is 8.34. The van der Waals surface area contributed by atoms with Crippen LogP contribution in [0.2, 0.25) is 10.0 Å². The summed E-state index contributed by atoms with van der Waals surface area (Å²) in [5.41, 5.74) is 1.68. The van der Waals surface area contributed by atoms with Gasteiger partial charge in [0.05, 0.1) is 6.42 Å². The van der Waals surface area contributed by atoms with Crippen molar-refractivity contribution in [2.24, 2.45) is 5.92 Å². The van der Waals surface area contributed by atoms with Crippen LogP contribution in [-0.4, -0.2) is 29.3 Å². The Morgan fingerprint density at radius 1 is 0.964 bits per heavy atom. The normalized spacial score (nSPS) is 11.9. The molecule has 0 aliphatic rings. The third-order valence-corrected chi connectivity index (χ3v) is 4.81. The molecule has 0 saturated carbocycles. The van der Waals surface area contributed by atoms with E-state index in [0.29, 0.717) is 29.1 Å². The Morgan fingerprint density at radius 3 is 2.11 bits per heavy atom. The van der Waals surface area contributed by atoms with Gasteiger partial charge < -0.3 is 10.2 Å². The second-order valence-electron chi connectivity index (χ2n) is 7.27.